The standard InChI is InChI=1S/C31H31F3N4O3/c1-2-26(39)24(16-19-9-10-19)29(40)37-28-30(41)38(18-20-6-5-15-35-17-20)25-8-4-3-7-23(25)27(36-28)21-11-13-22(14-12-21)31(32,33)34/h3-8,11-15,17,19,24,26,28,39H,2,9-10,16,18H2,1H3,(H,37,40)/t24-,26-,28?/m0/s1. The van der Waals surface area contributed by atoms with Gasteiger partial charge in [-0.3, -0.25) is 14.6 Å². The first-order valence-electron chi connectivity index (χ1n) is 13.7. The first-order chi connectivity index (χ1) is 19.7. The molecule has 1 aromatic heterocycles. The number of fused-ring (bicyclic) bond motifs is 1. The van der Waals surface area contributed by atoms with E-state index >= 15 is 0 Å². The molecule has 214 valence electrons. The normalized spacial score (nSPS) is 18.7. The third-order valence-electron chi connectivity index (χ3n) is 7.54. The largest absolute Gasteiger partial charge is 0.416 e. The molecule has 3 aromatic rings. The molecule has 1 aliphatic carbocycles. The van der Waals surface area contributed by atoms with Crippen LogP contribution in [0.5, 0.6) is 0 Å². The van der Waals surface area contributed by atoms with Crippen molar-refractivity contribution >= 4 is 23.2 Å². The maximum atomic E-state index is 14.1. The molecule has 0 radical (unpaired) electrons. The molecule has 2 heterocycles. The van der Waals surface area contributed by atoms with Crippen molar-refractivity contribution in [2.45, 2.75) is 57.6 Å². The van der Waals surface area contributed by atoms with Gasteiger partial charge in [0, 0.05) is 23.5 Å². The monoisotopic (exact) mass is 564 g/mol. The van der Waals surface area contributed by atoms with E-state index in [1.165, 1.54) is 17.0 Å². The van der Waals surface area contributed by atoms with Gasteiger partial charge in [-0.05, 0) is 48.6 Å². The van der Waals surface area contributed by atoms with Gasteiger partial charge in [0.05, 0.1) is 35.5 Å². The fraction of sp³-hybridized carbons (Fsp3) is 0.355. The van der Waals surface area contributed by atoms with Gasteiger partial charge in [-0.25, -0.2) is 4.99 Å². The molecule has 1 fully saturated rings. The van der Waals surface area contributed by atoms with Crippen molar-refractivity contribution in [1.29, 1.82) is 0 Å². The predicted octanol–water partition coefficient (Wildman–Crippen LogP) is 5.11. The molecular formula is C31H31F3N4O3. The van der Waals surface area contributed by atoms with Gasteiger partial charge in [-0.2, -0.15) is 13.2 Å². The van der Waals surface area contributed by atoms with Gasteiger partial charge in [0.1, 0.15) is 0 Å². The summed E-state index contributed by atoms with van der Waals surface area (Å²) in [5, 5.41) is 13.4. The van der Waals surface area contributed by atoms with E-state index in [9.17, 15) is 27.9 Å². The molecule has 2 amide bonds. The van der Waals surface area contributed by atoms with Crippen molar-refractivity contribution in [1.82, 2.24) is 10.3 Å². The SMILES string of the molecule is CC[C@H](O)[C@H](CC1CC1)C(=O)NC1N=C(c2ccc(C(F)(F)F)cc2)c2ccccc2N(Cc2cccnc2)C1=O. The number of carbonyl (C=O) groups is 2. The number of hydrogen-bond donors (Lipinski definition) is 2. The van der Waals surface area contributed by atoms with Crippen LogP contribution in [-0.2, 0) is 22.3 Å². The highest BCUT2D eigenvalue weighted by molar-refractivity contribution is 6.20. The molecule has 5 rings (SSSR count). The fourth-order valence-electron chi connectivity index (χ4n) is 5.09. The van der Waals surface area contributed by atoms with E-state index in [0.29, 0.717) is 35.6 Å². The van der Waals surface area contributed by atoms with E-state index in [2.05, 4.69) is 15.3 Å². The number of amides is 2. The highest BCUT2D eigenvalue weighted by Gasteiger charge is 2.38. The second-order valence-corrected chi connectivity index (χ2v) is 10.5. The van der Waals surface area contributed by atoms with E-state index in [-0.39, 0.29) is 12.3 Å². The van der Waals surface area contributed by atoms with Crippen LogP contribution in [0.15, 0.2) is 78.0 Å². The Balaban J connectivity index is 1.57. The summed E-state index contributed by atoms with van der Waals surface area (Å²) in [5.74, 6) is -1.34. The maximum absolute atomic E-state index is 14.1. The maximum Gasteiger partial charge on any atom is 0.416 e. The summed E-state index contributed by atoms with van der Waals surface area (Å²) in [5.41, 5.74) is 1.61. The molecule has 2 aromatic carbocycles. The molecule has 2 aliphatic rings. The average molecular weight is 565 g/mol. The number of nitrogens with zero attached hydrogens (tertiary/aromatic N) is 3. The highest BCUT2D eigenvalue weighted by Crippen LogP contribution is 2.37. The Hall–Kier alpha value is -4.05. The average Bonchev–Trinajstić information content (AvgIpc) is 3.81. The number of benzene rings is 2. The predicted molar refractivity (Wildman–Crippen MR) is 148 cm³/mol. The van der Waals surface area contributed by atoms with Crippen LogP contribution in [0.4, 0.5) is 18.9 Å². The Morgan fingerprint density at radius 2 is 1.83 bits per heavy atom. The number of aliphatic imine (C=N–C) groups is 1. The van der Waals surface area contributed by atoms with Gasteiger partial charge in [0.2, 0.25) is 12.1 Å². The molecule has 0 saturated heterocycles. The number of halogens is 3. The quantitative estimate of drug-likeness (QED) is 0.378. The van der Waals surface area contributed by atoms with Crippen LogP contribution >= 0.6 is 0 Å². The van der Waals surface area contributed by atoms with Crippen molar-refractivity contribution in [3.8, 4) is 0 Å². The van der Waals surface area contributed by atoms with Crippen molar-refractivity contribution in [3.63, 3.8) is 0 Å². The molecule has 10 heteroatoms. The van der Waals surface area contributed by atoms with Crippen LogP contribution in [0.2, 0.25) is 0 Å². The van der Waals surface area contributed by atoms with E-state index in [0.717, 1.165) is 30.5 Å². The number of hydrogen-bond acceptors (Lipinski definition) is 5. The molecule has 0 spiro atoms. The number of alkyl halides is 3. The molecule has 0 bridgehead atoms. The van der Waals surface area contributed by atoms with E-state index in [4.69, 9.17) is 0 Å². The lowest BCUT2D eigenvalue weighted by atomic mass is 9.93. The smallest absolute Gasteiger partial charge is 0.392 e. The zero-order valence-electron chi connectivity index (χ0n) is 22.5. The summed E-state index contributed by atoms with van der Waals surface area (Å²) >= 11 is 0. The number of carbonyl (C=O) groups excluding carboxylic acids is 2. The number of pyridine rings is 1. The molecule has 41 heavy (non-hydrogen) atoms. The summed E-state index contributed by atoms with van der Waals surface area (Å²) in [4.78, 5) is 37.9. The topological polar surface area (TPSA) is 94.9 Å². The van der Waals surface area contributed by atoms with Gasteiger partial charge < -0.3 is 15.3 Å². The lowest BCUT2D eigenvalue weighted by Crippen LogP contribution is -2.50. The number of aromatic nitrogens is 1. The number of para-hydroxylation sites is 1. The number of anilines is 1. The minimum Gasteiger partial charge on any atom is -0.392 e. The lowest BCUT2D eigenvalue weighted by Gasteiger charge is -2.27. The summed E-state index contributed by atoms with van der Waals surface area (Å²) in [7, 11) is 0. The number of aliphatic hydroxyl groups excluding tert-OH is 1. The van der Waals surface area contributed by atoms with Gasteiger partial charge >= 0.3 is 6.18 Å². The Morgan fingerprint density at radius 3 is 2.46 bits per heavy atom. The summed E-state index contributed by atoms with van der Waals surface area (Å²) in [6, 6.07) is 15.1. The summed E-state index contributed by atoms with van der Waals surface area (Å²) < 4.78 is 39.9. The molecule has 1 unspecified atom stereocenters. The number of aliphatic hydroxyl groups is 1. The first kappa shape index (κ1) is 28.5. The zero-order valence-corrected chi connectivity index (χ0v) is 22.5. The number of benzodiazepines with no additional fused rings is 1. The van der Waals surface area contributed by atoms with E-state index in [1.54, 1.807) is 49.6 Å². The lowest BCUT2D eigenvalue weighted by molar-refractivity contribution is -0.137. The first-order valence-corrected chi connectivity index (χ1v) is 13.7. The van der Waals surface area contributed by atoms with E-state index in [1.807, 2.05) is 6.07 Å². The third-order valence-corrected chi connectivity index (χ3v) is 7.54. The summed E-state index contributed by atoms with van der Waals surface area (Å²) in [6.45, 7) is 1.93. The molecule has 1 aliphatic heterocycles. The minimum absolute atomic E-state index is 0.134. The number of nitrogens with one attached hydrogen (secondary N) is 1. The third kappa shape index (κ3) is 6.48. The Morgan fingerprint density at radius 1 is 1.10 bits per heavy atom. The number of rotatable bonds is 9. The Kier molecular flexibility index (Phi) is 8.21. The van der Waals surface area contributed by atoms with Crippen LogP contribution in [0.3, 0.4) is 0 Å². The Labute approximate surface area is 236 Å². The van der Waals surface area contributed by atoms with Crippen molar-refractivity contribution in [2.75, 3.05) is 4.90 Å². The molecular weight excluding hydrogens is 533 g/mol. The molecule has 2 N–H and O–H groups in total. The van der Waals surface area contributed by atoms with Gasteiger partial charge in [-0.1, -0.05) is 56.2 Å². The highest BCUT2D eigenvalue weighted by atomic mass is 19.4. The second kappa shape index (κ2) is 11.8. The van der Waals surface area contributed by atoms with Crippen LogP contribution in [0.1, 0.15) is 54.9 Å². The van der Waals surface area contributed by atoms with Crippen molar-refractivity contribution in [3.05, 3.63) is 95.3 Å². The second-order valence-electron chi connectivity index (χ2n) is 10.5. The van der Waals surface area contributed by atoms with Gasteiger partial charge in [-0.15, -0.1) is 0 Å². The van der Waals surface area contributed by atoms with Gasteiger partial charge in [0.25, 0.3) is 5.91 Å². The van der Waals surface area contributed by atoms with E-state index < -0.39 is 41.7 Å². The van der Waals surface area contributed by atoms with Crippen LogP contribution in [0, 0.1) is 11.8 Å². The fourth-order valence-corrected chi connectivity index (χ4v) is 5.09. The molecule has 3 atom stereocenters. The van der Waals surface area contributed by atoms with Crippen LogP contribution in [0.25, 0.3) is 0 Å². The molecule has 7 nitrogen and oxygen atoms in total. The minimum atomic E-state index is -4.51. The van der Waals surface area contributed by atoms with Crippen molar-refractivity contribution < 1.29 is 27.9 Å². The molecule has 1 saturated carbocycles. The van der Waals surface area contributed by atoms with Gasteiger partial charge in [0.15, 0.2) is 0 Å². The van der Waals surface area contributed by atoms with Crippen molar-refractivity contribution in [2.24, 2.45) is 16.8 Å². The van der Waals surface area contributed by atoms with Crippen LogP contribution in [-0.4, -0.2) is 39.9 Å². The Bertz CT molecular complexity index is 1420. The van der Waals surface area contributed by atoms with Crippen LogP contribution < -0.4 is 10.2 Å². The summed E-state index contributed by atoms with van der Waals surface area (Å²) in [6.07, 6.45) is -0.622. The zero-order chi connectivity index (χ0) is 29.1.